The first-order valence-electron chi connectivity index (χ1n) is 7.07. The zero-order chi connectivity index (χ0) is 14.5. The van der Waals surface area contributed by atoms with E-state index in [0.29, 0.717) is 23.3 Å². The van der Waals surface area contributed by atoms with Gasteiger partial charge in [0.15, 0.2) is 0 Å². The van der Waals surface area contributed by atoms with Crippen molar-refractivity contribution in [3.8, 4) is 5.75 Å². The molecule has 0 aromatic heterocycles. The number of hydrogen-bond acceptors (Lipinski definition) is 4. The molecule has 0 spiro atoms. The van der Waals surface area contributed by atoms with Gasteiger partial charge in [-0.05, 0) is 43.7 Å². The van der Waals surface area contributed by atoms with E-state index < -0.39 is 5.91 Å². The number of amides is 1. The van der Waals surface area contributed by atoms with Crippen molar-refractivity contribution >= 4 is 11.6 Å². The molecule has 0 heterocycles. The van der Waals surface area contributed by atoms with Crippen LogP contribution in [-0.2, 0) is 0 Å². The van der Waals surface area contributed by atoms with Gasteiger partial charge in [0.1, 0.15) is 5.75 Å². The third-order valence-electron chi connectivity index (χ3n) is 3.95. The van der Waals surface area contributed by atoms with Crippen LogP contribution < -0.4 is 21.5 Å². The van der Waals surface area contributed by atoms with E-state index in [1.165, 1.54) is 20.0 Å². The van der Waals surface area contributed by atoms with Crippen LogP contribution in [-0.4, -0.2) is 25.6 Å². The molecule has 1 aromatic rings. The van der Waals surface area contributed by atoms with Crippen molar-refractivity contribution in [2.45, 2.75) is 31.7 Å². The zero-order valence-corrected chi connectivity index (χ0v) is 11.9. The number of benzene rings is 1. The fourth-order valence-corrected chi connectivity index (χ4v) is 2.66. The fourth-order valence-electron chi connectivity index (χ4n) is 2.66. The second kappa shape index (κ2) is 6.61. The molecule has 5 nitrogen and oxygen atoms in total. The van der Waals surface area contributed by atoms with E-state index >= 15 is 0 Å². The molecule has 0 unspecified atom stereocenters. The minimum Gasteiger partial charge on any atom is -0.496 e. The van der Waals surface area contributed by atoms with E-state index in [0.717, 1.165) is 25.1 Å². The van der Waals surface area contributed by atoms with Gasteiger partial charge in [-0.2, -0.15) is 0 Å². The van der Waals surface area contributed by atoms with Crippen molar-refractivity contribution in [3.05, 3.63) is 23.8 Å². The van der Waals surface area contributed by atoms with Crippen molar-refractivity contribution in [1.29, 1.82) is 0 Å². The van der Waals surface area contributed by atoms with Gasteiger partial charge >= 0.3 is 0 Å². The smallest absolute Gasteiger partial charge is 0.252 e. The van der Waals surface area contributed by atoms with Gasteiger partial charge < -0.3 is 21.5 Å². The van der Waals surface area contributed by atoms with Gasteiger partial charge in [-0.1, -0.05) is 0 Å². The summed E-state index contributed by atoms with van der Waals surface area (Å²) in [5.74, 6) is 0.694. The van der Waals surface area contributed by atoms with E-state index in [-0.39, 0.29) is 0 Å². The maximum atomic E-state index is 11.2. The second-order valence-electron chi connectivity index (χ2n) is 5.44. The minimum absolute atomic E-state index is 0.376. The van der Waals surface area contributed by atoms with Crippen molar-refractivity contribution in [3.63, 3.8) is 0 Å². The number of carbonyl (C=O) groups excluding carboxylic acids is 1. The van der Waals surface area contributed by atoms with E-state index in [9.17, 15) is 4.79 Å². The van der Waals surface area contributed by atoms with Gasteiger partial charge in [-0.15, -0.1) is 0 Å². The lowest BCUT2D eigenvalue weighted by molar-refractivity contribution is 0.0997. The summed E-state index contributed by atoms with van der Waals surface area (Å²) in [7, 11) is 1.54. The van der Waals surface area contributed by atoms with Crippen LogP contribution in [0.25, 0.3) is 0 Å². The zero-order valence-electron chi connectivity index (χ0n) is 11.9. The number of nitrogens with one attached hydrogen (secondary N) is 1. The maximum absolute atomic E-state index is 11.2. The molecule has 1 aliphatic rings. The number of hydrogen-bond donors (Lipinski definition) is 3. The molecule has 1 aliphatic carbocycles. The minimum atomic E-state index is -0.477. The summed E-state index contributed by atoms with van der Waals surface area (Å²) in [5, 5.41) is 3.40. The highest BCUT2D eigenvalue weighted by Gasteiger charge is 2.18. The molecule has 20 heavy (non-hydrogen) atoms. The van der Waals surface area contributed by atoms with Crippen LogP contribution in [0.3, 0.4) is 0 Å². The Labute approximate surface area is 119 Å². The first-order valence-corrected chi connectivity index (χ1v) is 7.07. The lowest BCUT2D eigenvalue weighted by Gasteiger charge is -2.26. The Morgan fingerprint density at radius 2 is 2.05 bits per heavy atom. The molecule has 0 bridgehead atoms. The summed E-state index contributed by atoms with van der Waals surface area (Å²) in [6.07, 6.45) is 4.56. The fraction of sp³-hybridized carbons (Fsp3) is 0.533. The van der Waals surface area contributed by atoms with E-state index in [1.807, 2.05) is 12.1 Å². The molecule has 1 aromatic carbocycles. The topological polar surface area (TPSA) is 90.4 Å². The average molecular weight is 277 g/mol. The van der Waals surface area contributed by atoms with Crippen molar-refractivity contribution in [2.75, 3.05) is 19.0 Å². The molecule has 1 saturated carbocycles. The molecule has 2 rings (SSSR count). The second-order valence-corrected chi connectivity index (χ2v) is 5.44. The van der Waals surface area contributed by atoms with Crippen LogP contribution in [0.15, 0.2) is 18.2 Å². The first-order chi connectivity index (χ1) is 9.60. The van der Waals surface area contributed by atoms with Crippen molar-refractivity contribution in [1.82, 2.24) is 0 Å². The SMILES string of the molecule is COc1cc(NCC2CCC(N)CC2)ccc1C(N)=O. The number of anilines is 1. The number of rotatable bonds is 5. The molecule has 110 valence electrons. The molecular formula is C15H23N3O2. The molecule has 5 heteroatoms. The van der Waals surface area contributed by atoms with Gasteiger partial charge in [0.2, 0.25) is 0 Å². The number of methoxy groups -OCH3 is 1. The van der Waals surface area contributed by atoms with Gasteiger partial charge in [0.05, 0.1) is 12.7 Å². The van der Waals surface area contributed by atoms with Crippen LogP contribution >= 0.6 is 0 Å². The third-order valence-corrected chi connectivity index (χ3v) is 3.95. The summed E-state index contributed by atoms with van der Waals surface area (Å²) in [5.41, 5.74) is 12.5. The summed E-state index contributed by atoms with van der Waals surface area (Å²) < 4.78 is 5.20. The Morgan fingerprint density at radius 3 is 2.65 bits per heavy atom. The van der Waals surface area contributed by atoms with Crippen molar-refractivity contribution < 1.29 is 9.53 Å². The summed E-state index contributed by atoms with van der Waals surface area (Å²) in [6.45, 7) is 0.922. The van der Waals surface area contributed by atoms with Gasteiger partial charge in [-0.25, -0.2) is 0 Å². The van der Waals surface area contributed by atoms with E-state index in [1.54, 1.807) is 6.07 Å². The highest BCUT2D eigenvalue weighted by atomic mass is 16.5. The van der Waals surface area contributed by atoms with Crippen LogP contribution in [0.5, 0.6) is 5.75 Å². The monoisotopic (exact) mass is 277 g/mol. The normalized spacial score (nSPS) is 22.3. The molecule has 5 N–H and O–H groups in total. The van der Waals surface area contributed by atoms with Crippen LogP contribution in [0.4, 0.5) is 5.69 Å². The van der Waals surface area contributed by atoms with Gasteiger partial charge in [0, 0.05) is 24.3 Å². The van der Waals surface area contributed by atoms with Crippen LogP contribution in [0.2, 0.25) is 0 Å². The maximum Gasteiger partial charge on any atom is 0.252 e. The molecule has 1 amide bonds. The molecular weight excluding hydrogens is 254 g/mol. The van der Waals surface area contributed by atoms with Gasteiger partial charge in [0.25, 0.3) is 5.91 Å². The standard InChI is InChI=1S/C15H23N3O2/c1-20-14-8-12(6-7-13(14)15(17)19)18-9-10-2-4-11(16)5-3-10/h6-8,10-11,18H,2-5,9,16H2,1H3,(H2,17,19). The Kier molecular flexibility index (Phi) is 4.84. The molecule has 0 atom stereocenters. The highest BCUT2D eigenvalue weighted by Crippen LogP contribution is 2.26. The summed E-state index contributed by atoms with van der Waals surface area (Å²) in [6, 6.07) is 5.74. The van der Waals surface area contributed by atoms with Crippen LogP contribution in [0.1, 0.15) is 36.0 Å². The number of nitrogens with two attached hydrogens (primary N) is 2. The molecule has 0 saturated heterocycles. The van der Waals surface area contributed by atoms with Gasteiger partial charge in [-0.3, -0.25) is 4.79 Å². The molecule has 0 radical (unpaired) electrons. The molecule has 1 fully saturated rings. The lowest BCUT2D eigenvalue weighted by atomic mass is 9.86. The number of ether oxygens (including phenoxy) is 1. The Balaban J connectivity index is 1.94. The Bertz CT molecular complexity index is 468. The Hall–Kier alpha value is -1.75. The van der Waals surface area contributed by atoms with E-state index in [2.05, 4.69) is 5.32 Å². The summed E-state index contributed by atoms with van der Waals surface area (Å²) in [4.78, 5) is 11.2. The first kappa shape index (κ1) is 14.7. The number of carbonyl (C=O) groups is 1. The van der Waals surface area contributed by atoms with Crippen LogP contribution in [0, 0.1) is 5.92 Å². The number of primary amides is 1. The average Bonchev–Trinajstić information content (AvgIpc) is 2.46. The lowest BCUT2D eigenvalue weighted by Crippen LogP contribution is -2.29. The predicted octanol–water partition coefficient (Wildman–Crippen LogP) is 1.72. The molecule has 0 aliphatic heterocycles. The summed E-state index contributed by atoms with van der Waals surface area (Å²) >= 11 is 0. The quantitative estimate of drug-likeness (QED) is 0.764. The largest absolute Gasteiger partial charge is 0.496 e. The highest BCUT2D eigenvalue weighted by molar-refractivity contribution is 5.96. The predicted molar refractivity (Wildman–Crippen MR) is 79.9 cm³/mol. The third kappa shape index (κ3) is 3.63. The van der Waals surface area contributed by atoms with E-state index in [4.69, 9.17) is 16.2 Å². The Morgan fingerprint density at radius 1 is 1.35 bits per heavy atom. The van der Waals surface area contributed by atoms with Crippen molar-refractivity contribution in [2.24, 2.45) is 17.4 Å².